The molecule has 3 heterocycles. The molecule has 2 aliphatic heterocycles. The highest BCUT2D eigenvalue weighted by Gasteiger charge is 2.45. The summed E-state index contributed by atoms with van der Waals surface area (Å²) in [6, 6.07) is 14.5. The lowest BCUT2D eigenvalue weighted by Gasteiger charge is -2.27. The first-order valence-electron chi connectivity index (χ1n) is 9.28. The molecule has 1 fully saturated rings. The van der Waals surface area contributed by atoms with Crippen molar-refractivity contribution >= 4 is 5.69 Å². The van der Waals surface area contributed by atoms with Crippen LogP contribution in [0.15, 0.2) is 48.5 Å². The number of para-hydroxylation sites is 1. The molecule has 1 unspecified atom stereocenters. The fraction of sp³-hybridized carbons (Fsp3) is 0.300. The van der Waals surface area contributed by atoms with Crippen LogP contribution in [0, 0.1) is 5.82 Å². The van der Waals surface area contributed by atoms with Gasteiger partial charge in [0.2, 0.25) is 0 Å². The average molecular weight is 364 g/mol. The number of nitrogens with zero attached hydrogens (tertiary/aromatic N) is 3. The molecule has 6 nitrogen and oxygen atoms in total. The monoisotopic (exact) mass is 364 g/mol. The van der Waals surface area contributed by atoms with Crippen LogP contribution in [-0.4, -0.2) is 33.2 Å². The molecule has 0 spiro atoms. The van der Waals surface area contributed by atoms with E-state index in [1.165, 1.54) is 25.0 Å². The van der Waals surface area contributed by atoms with Crippen LogP contribution >= 0.6 is 0 Å². The third-order valence-electron chi connectivity index (χ3n) is 5.43. The second-order valence-electron chi connectivity index (χ2n) is 7.14. The van der Waals surface area contributed by atoms with Gasteiger partial charge in [0.25, 0.3) is 0 Å². The number of hydrogen-bond acceptors (Lipinski definition) is 5. The minimum absolute atomic E-state index is 0.266. The lowest BCUT2D eigenvalue weighted by Crippen LogP contribution is -2.43. The first-order chi connectivity index (χ1) is 13.3. The summed E-state index contributed by atoms with van der Waals surface area (Å²) in [5.41, 5.74) is 8.69. The van der Waals surface area contributed by atoms with Gasteiger partial charge in [0.15, 0.2) is 11.4 Å². The Labute approximate surface area is 156 Å². The molecule has 5 rings (SSSR count). The van der Waals surface area contributed by atoms with Gasteiger partial charge in [0.05, 0.1) is 12.2 Å². The summed E-state index contributed by atoms with van der Waals surface area (Å²) >= 11 is 0. The Balaban J connectivity index is 1.59. The van der Waals surface area contributed by atoms with E-state index < -0.39 is 5.54 Å². The molecular formula is C20H21FN6. The van der Waals surface area contributed by atoms with Crippen molar-refractivity contribution in [3.05, 3.63) is 77.1 Å². The number of rotatable bonds is 4. The van der Waals surface area contributed by atoms with Gasteiger partial charge in [-0.3, -0.25) is 10.00 Å². The zero-order valence-corrected chi connectivity index (χ0v) is 14.9. The maximum Gasteiger partial charge on any atom is 0.181 e. The molecule has 1 saturated heterocycles. The third-order valence-corrected chi connectivity index (χ3v) is 5.43. The molecule has 3 N–H and O–H groups in total. The molecule has 0 amide bonds. The molecule has 2 aliphatic rings. The molecule has 0 radical (unpaired) electrons. The molecule has 2 aromatic carbocycles. The molecule has 7 heteroatoms. The Morgan fingerprint density at radius 1 is 1.04 bits per heavy atom. The van der Waals surface area contributed by atoms with Crippen LogP contribution in [0.4, 0.5) is 10.1 Å². The quantitative estimate of drug-likeness (QED) is 0.664. The van der Waals surface area contributed by atoms with Crippen molar-refractivity contribution in [3.8, 4) is 0 Å². The van der Waals surface area contributed by atoms with Gasteiger partial charge >= 0.3 is 0 Å². The van der Waals surface area contributed by atoms with E-state index in [1.54, 1.807) is 12.1 Å². The van der Waals surface area contributed by atoms with Crippen LogP contribution in [0.2, 0.25) is 0 Å². The second kappa shape index (κ2) is 6.44. The van der Waals surface area contributed by atoms with Crippen molar-refractivity contribution in [2.75, 3.05) is 18.5 Å². The number of nitrogens with one attached hydrogen (secondary N) is 3. The SMILES string of the molecule is Fc1ccc(C2(c3n[nH]c(CN4CCCC4)n3)NNc3ccccc32)cc1. The number of anilines is 1. The normalized spacial score (nSPS) is 22.0. The number of hydrogen-bond donors (Lipinski definition) is 3. The van der Waals surface area contributed by atoms with Crippen molar-refractivity contribution in [2.24, 2.45) is 0 Å². The van der Waals surface area contributed by atoms with E-state index in [-0.39, 0.29) is 5.82 Å². The maximum atomic E-state index is 13.5. The molecule has 3 aromatic rings. The van der Waals surface area contributed by atoms with Crippen LogP contribution in [-0.2, 0) is 12.1 Å². The minimum atomic E-state index is -0.774. The van der Waals surface area contributed by atoms with Gasteiger partial charge in [0.1, 0.15) is 11.6 Å². The van der Waals surface area contributed by atoms with Gasteiger partial charge in [-0.05, 0) is 49.7 Å². The molecule has 1 atom stereocenters. The fourth-order valence-corrected chi connectivity index (χ4v) is 4.07. The molecule has 0 bridgehead atoms. The van der Waals surface area contributed by atoms with Crippen molar-refractivity contribution < 1.29 is 4.39 Å². The predicted molar refractivity (Wildman–Crippen MR) is 100 cm³/mol. The summed E-state index contributed by atoms with van der Waals surface area (Å²) in [4.78, 5) is 7.20. The molecular weight excluding hydrogens is 343 g/mol. The van der Waals surface area contributed by atoms with E-state index in [0.29, 0.717) is 5.82 Å². The van der Waals surface area contributed by atoms with Gasteiger partial charge in [-0.15, -0.1) is 0 Å². The first kappa shape index (κ1) is 16.4. The number of aromatic nitrogens is 3. The highest BCUT2D eigenvalue weighted by atomic mass is 19.1. The van der Waals surface area contributed by atoms with E-state index in [2.05, 4.69) is 25.9 Å². The standard InChI is InChI=1S/C20H21FN6/c21-15-9-7-14(8-10-15)20(16-5-1-2-6-17(16)23-26-20)19-22-18(24-25-19)13-27-11-3-4-12-27/h1-2,5-10,23,26H,3-4,11-13H2,(H,22,24,25). The third kappa shape index (κ3) is 2.70. The lowest BCUT2D eigenvalue weighted by atomic mass is 9.83. The molecule has 0 saturated carbocycles. The van der Waals surface area contributed by atoms with Crippen molar-refractivity contribution in [1.29, 1.82) is 0 Å². The smallest absolute Gasteiger partial charge is 0.181 e. The maximum absolute atomic E-state index is 13.5. The number of benzene rings is 2. The molecule has 27 heavy (non-hydrogen) atoms. The summed E-state index contributed by atoms with van der Waals surface area (Å²) < 4.78 is 13.5. The molecule has 0 aliphatic carbocycles. The van der Waals surface area contributed by atoms with E-state index in [0.717, 1.165) is 42.3 Å². The van der Waals surface area contributed by atoms with Crippen LogP contribution in [0.3, 0.4) is 0 Å². The summed E-state index contributed by atoms with van der Waals surface area (Å²) in [7, 11) is 0. The second-order valence-corrected chi connectivity index (χ2v) is 7.14. The number of fused-ring (bicyclic) bond motifs is 1. The Kier molecular flexibility index (Phi) is 3.91. The summed E-state index contributed by atoms with van der Waals surface area (Å²) in [6.45, 7) is 2.96. The van der Waals surface area contributed by atoms with Crippen molar-refractivity contribution in [2.45, 2.75) is 24.9 Å². The van der Waals surface area contributed by atoms with E-state index in [4.69, 9.17) is 4.98 Å². The van der Waals surface area contributed by atoms with Crippen LogP contribution < -0.4 is 10.9 Å². The van der Waals surface area contributed by atoms with Crippen LogP contribution in [0.25, 0.3) is 0 Å². The summed E-state index contributed by atoms with van der Waals surface area (Å²) in [5, 5.41) is 7.65. The highest BCUT2D eigenvalue weighted by Crippen LogP contribution is 2.42. The van der Waals surface area contributed by atoms with Gasteiger partial charge in [-0.25, -0.2) is 14.8 Å². The predicted octanol–water partition coefficient (Wildman–Crippen LogP) is 2.76. The number of aromatic amines is 1. The minimum Gasteiger partial charge on any atom is -0.320 e. The van der Waals surface area contributed by atoms with E-state index in [9.17, 15) is 4.39 Å². The fourth-order valence-electron chi connectivity index (χ4n) is 4.07. The number of H-pyrrole nitrogens is 1. The van der Waals surface area contributed by atoms with Gasteiger partial charge in [-0.2, -0.15) is 5.10 Å². The lowest BCUT2D eigenvalue weighted by molar-refractivity contribution is 0.322. The van der Waals surface area contributed by atoms with Crippen LogP contribution in [0.5, 0.6) is 0 Å². The molecule has 1 aromatic heterocycles. The Morgan fingerprint density at radius 3 is 2.63 bits per heavy atom. The first-order valence-corrected chi connectivity index (χ1v) is 9.28. The Bertz CT molecular complexity index is 947. The van der Waals surface area contributed by atoms with Gasteiger partial charge in [0, 0.05) is 5.56 Å². The van der Waals surface area contributed by atoms with E-state index in [1.807, 2.05) is 24.3 Å². The zero-order valence-electron chi connectivity index (χ0n) is 14.9. The zero-order chi connectivity index (χ0) is 18.3. The van der Waals surface area contributed by atoms with Gasteiger partial charge in [-0.1, -0.05) is 30.3 Å². The van der Waals surface area contributed by atoms with Crippen molar-refractivity contribution in [1.82, 2.24) is 25.5 Å². The molecule has 138 valence electrons. The number of hydrazine groups is 1. The number of halogens is 1. The Hall–Kier alpha value is -2.77. The van der Waals surface area contributed by atoms with E-state index >= 15 is 0 Å². The van der Waals surface area contributed by atoms with Crippen molar-refractivity contribution in [3.63, 3.8) is 0 Å². The summed E-state index contributed by atoms with van der Waals surface area (Å²) in [6.07, 6.45) is 2.47. The summed E-state index contributed by atoms with van der Waals surface area (Å²) in [5.74, 6) is 1.21. The largest absolute Gasteiger partial charge is 0.320 e. The average Bonchev–Trinajstić information content (AvgIpc) is 3.43. The number of likely N-dealkylation sites (tertiary alicyclic amines) is 1. The van der Waals surface area contributed by atoms with Crippen LogP contribution in [0.1, 0.15) is 35.6 Å². The van der Waals surface area contributed by atoms with Gasteiger partial charge < -0.3 is 5.43 Å². The highest BCUT2D eigenvalue weighted by molar-refractivity contribution is 5.64. The Morgan fingerprint density at radius 2 is 1.81 bits per heavy atom. The topological polar surface area (TPSA) is 68.9 Å².